The summed E-state index contributed by atoms with van der Waals surface area (Å²) in [4.78, 5) is 4.03. The van der Waals surface area contributed by atoms with Gasteiger partial charge in [-0.2, -0.15) is 4.98 Å². The predicted octanol–water partition coefficient (Wildman–Crippen LogP) is 1.96. The molecule has 0 radical (unpaired) electrons. The number of aliphatic hydroxyl groups excluding tert-OH is 1. The highest BCUT2D eigenvalue weighted by atomic mass is 35.5. The number of aromatic nitrogens is 2. The van der Waals surface area contributed by atoms with Gasteiger partial charge in [-0.25, -0.2) is 0 Å². The van der Waals surface area contributed by atoms with E-state index in [2.05, 4.69) is 10.1 Å². The van der Waals surface area contributed by atoms with Gasteiger partial charge in [-0.05, 0) is 17.7 Å². The van der Waals surface area contributed by atoms with Crippen molar-refractivity contribution in [3.63, 3.8) is 0 Å². The summed E-state index contributed by atoms with van der Waals surface area (Å²) in [5.41, 5.74) is 6.01. The van der Waals surface area contributed by atoms with Crippen LogP contribution in [0.25, 0.3) is 0 Å². The van der Waals surface area contributed by atoms with Crippen LogP contribution in [0.15, 0.2) is 22.7 Å². The van der Waals surface area contributed by atoms with E-state index in [0.717, 1.165) is 5.56 Å². The normalized spacial score (nSPS) is 12.7. The third-order valence-electron chi connectivity index (χ3n) is 2.39. The quantitative estimate of drug-likeness (QED) is 0.898. The zero-order valence-corrected chi connectivity index (χ0v) is 10.8. The molecule has 1 unspecified atom stereocenters. The first-order chi connectivity index (χ1) is 8.61. The van der Waals surface area contributed by atoms with Gasteiger partial charge in [0.15, 0.2) is 5.82 Å². The molecule has 1 heterocycles. The molecule has 7 heteroatoms. The number of hydrogen-bond acceptors (Lipinski definition) is 5. The molecule has 0 saturated heterocycles. The summed E-state index contributed by atoms with van der Waals surface area (Å²) in [6, 6.07) is 5.23. The summed E-state index contributed by atoms with van der Waals surface area (Å²) in [6.07, 6.45) is -0.618. The van der Waals surface area contributed by atoms with Crippen molar-refractivity contribution >= 4 is 23.2 Å². The summed E-state index contributed by atoms with van der Waals surface area (Å²) in [5, 5.41) is 14.3. The summed E-state index contributed by atoms with van der Waals surface area (Å²) in [6.45, 7) is 0.0223. The van der Waals surface area contributed by atoms with Crippen molar-refractivity contribution in [3.05, 3.63) is 45.5 Å². The van der Waals surface area contributed by atoms with Crippen LogP contribution in [0.2, 0.25) is 10.0 Å². The molecule has 5 nitrogen and oxygen atoms in total. The van der Waals surface area contributed by atoms with Gasteiger partial charge in [-0.1, -0.05) is 34.4 Å². The van der Waals surface area contributed by atoms with Gasteiger partial charge in [0, 0.05) is 23.0 Å². The topological polar surface area (TPSA) is 85.2 Å². The molecular formula is C11H11Cl2N3O2. The standard InChI is InChI=1S/C11H11Cl2N3O2/c12-7-2-1-3-8(13)6(7)4-10-15-11(18-16-10)9(17)5-14/h1-3,9,17H,4-5,14H2. The Morgan fingerprint density at radius 1 is 1.33 bits per heavy atom. The van der Waals surface area contributed by atoms with Crippen molar-refractivity contribution in [1.82, 2.24) is 10.1 Å². The molecule has 0 amide bonds. The van der Waals surface area contributed by atoms with Crippen LogP contribution in [0.4, 0.5) is 0 Å². The average molecular weight is 288 g/mol. The van der Waals surface area contributed by atoms with Gasteiger partial charge in [-0.15, -0.1) is 0 Å². The van der Waals surface area contributed by atoms with Crippen LogP contribution in [0.1, 0.15) is 23.4 Å². The highest BCUT2D eigenvalue weighted by Crippen LogP contribution is 2.26. The minimum absolute atomic E-state index is 0.0223. The van der Waals surface area contributed by atoms with E-state index >= 15 is 0 Å². The maximum atomic E-state index is 9.44. The fraction of sp³-hybridized carbons (Fsp3) is 0.273. The number of benzene rings is 1. The second-order valence-electron chi connectivity index (χ2n) is 3.68. The predicted molar refractivity (Wildman–Crippen MR) is 67.6 cm³/mol. The first-order valence-corrected chi connectivity index (χ1v) is 6.01. The molecule has 0 spiro atoms. The Labute approximate surface area is 114 Å². The van der Waals surface area contributed by atoms with Crippen LogP contribution < -0.4 is 5.73 Å². The fourth-order valence-electron chi connectivity index (χ4n) is 1.43. The van der Waals surface area contributed by atoms with Gasteiger partial charge >= 0.3 is 0 Å². The van der Waals surface area contributed by atoms with E-state index in [-0.39, 0.29) is 12.4 Å². The lowest BCUT2D eigenvalue weighted by Gasteiger charge is -2.03. The van der Waals surface area contributed by atoms with E-state index in [1.165, 1.54) is 0 Å². The molecule has 0 saturated carbocycles. The van der Waals surface area contributed by atoms with Crippen molar-refractivity contribution in [1.29, 1.82) is 0 Å². The molecule has 18 heavy (non-hydrogen) atoms. The number of rotatable bonds is 4. The van der Waals surface area contributed by atoms with E-state index in [1.807, 2.05) is 0 Å². The second kappa shape index (κ2) is 5.67. The van der Waals surface area contributed by atoms with Crippen molar-refractivity contribution in [2.75, 3.05) is 6.54 Å². The van der Waals surface area contributed by atoms with Crippen LogP contribution in [0, 0.1) is 0 Å². The highest BCUT2D eigenvalue weighted by Gasteiger charge is 2.16. The van der Waals surface area contributed by atoms with Crippen molar-refractivity contribution in [3.8, 4) is 0 Å². The Kier molecular flexibility index (Phi) is 4.19. The number of halogens is 2. The van der Waals surface area contributed by atoms with Crippen LogP contribution in [-0.2, 0) is 6.42 Å². The van der Waals surface area contributed by atoms with Gasteiger partial charge in [0.1, 0.15) is 6.10 Å². The molecule has 0 bridgehead atoms. The first kappa shape index (κ1) is 13.3. The molecular weight excluding hydrogens is 277 g/mol. The average Bonchev–Trinajstić information content (AvgIpc) is 2.81. The Morgan fingerprint density at radius 3 is 2.61 bits per heavy atom. The number of aliphatic hydroxyl groups is 1. The zero-order chi connectivity index (χ0) is 13.1. The number of hydrogen-bond donors (Lipinski definition) is 2. The van der Waals surface area contributed by atoms with E-state index in [1.54, 1.807) is 18.2 Å². The highest BCUT2D eigenvalue weighted by molar-refractivity contribution is 6.36. The third-order valence-corrected chi connectivity index (χ3v) is 3.10. The van der Waals surface area contributed by atoms with Crippen molar-refractivity contribution in [2.45, 2.75) is 12.5 Å². The molecule has 2 aromatic rings. The molecule has 1 atom stereocenters. The maximum Gasteiger partial charge on any atom is 0.256 e. The van der Waals surface area contributed by atoms with E-state index in [4.69, 9.17) is 33.5 Å². The summed E-state index contributed by atoms with van der Waals surface area (Å²) in [7, 11) is 0. The molecule has 0 aliphatic carbocycles. The smallest absolute Gasteiger partial charge is 0.256 e. The lowest BCUT2D eigenvalue weighted by atomic mass is 10.1. The Balaban J connectivity index is 2.21. The Bertz CT molecular complexity index is 525. The Morgan fingerprint density at radius 2 is 2.00 bits per heavy atom. The molecule has 3 N–H and O–H groups in total. The van der Waals surface area contributed by atoms with Gasteiger partial charge in [0.05, 0.1) is 0 Å². The molecule has 0 aliphatic heterocycles. The van der Waals surface area contributed by atoms with Crippen LogP contribution in [-0.4, -0.2) is 21.8 Å². The summed E-state index contributed by atoms with van der Waals surface area (Å²) >= 11 is 12.1. The molecule has 0 aliphatic rings. The zero-order valence-electron chi connectivity index (χ0n) is 9.31. The number of nitrogens with zero attached hydrogens (tertiary/aromatic N) is 2. The maximum absolute atomic E-state index is 9.44. The minimum Gasteiger partial charge on any atom is -0.382 e. The lowest BCUT2D eigenvalue weighted by Crippen LogP contribution is -2.11. The summed E-state index contributed by atoms with van der Waals surface area (Å²) < 4.78 is 4.89. The van der Waals surface area contributed by atoms with Gasteiger partial charge in [0.25, 0.3) is 5.89 Å². The van der Waals surface area contributed by atoms with Gasteiger partial charge < -0.3 is 15.4 Å². The van der Waals surface area contributed by atoms with Gasteiger partial charge in [0.2, 0.25) is 0 Å². The van der Waals surface area contributed by atoms with Crippen LogP contribution in [0.3, 0.4) is 0 Å². The fourth-order valence-corrected chi connectivity index (χ4v) is 1.97. The number of nitrogens with two attached hydrogens (primary N) is 1. The van der Waals surface area contributed by atoms with E-state index < -0.39 is 6.10 Å². The first-order valence-electron chi connectivity index (χ1n) is 5.25. The van der Waals surface area contributed by atoms with E-state index in [9.17, 15) is 5.11 Å². The SMILES string of the molecule is NCC(O)c1nc(Cc2c(Cl)cccc2Cl)no1. The molecule has 2 rings (SSSR count). The lowest BCUT2D eigenvalue weighted by molar-refractivity contribution is 0.141. The molecule has 1 aromatic carbocycles. The van der Waals surface area contributed by atoms with Crippen molar-refractivity contribution < 1.29 is 9.63 Å². The molecule has 1 aromatic heterocycles. The van der Waals surface area contributed by atoms with E-state index in [0.29, 0.717) is 22.3 Å². The van der Waals surface area contributed by atoms with Crippen LogP contribution in [0.5, 0.6) is 0 Å². The monoisotopic (exact) mass is 287 g/mol. The second-order valence-corrected chi connectivity index (χ2v) is 4.49. The Hall–Kier alpha value is -1.14. The minimum atomic E-state index is -0.951. The van der Waals surface area contributed by atoms with Crippen LogP contribution >= 0.6 is 23.2 Å². The largest absolute Gasteiger partial charge is 0.382 e. The molecule has 96 valence electrons. The van der Waals surface area contributed by atoms with Crippen molar-refractivity contribution in [2.24, 2.45) is 5.73 Å². The third kappa shape index (κ3) is 2.81. The molecule has 0 fully saturated rings. The van der Waals surface area contributed by atoms with Gasteiger partial charge in [-0.3, -0.25) is 0 Å². The summed E-state index contributed by atoms with van der Waals surface area (Å²) in [5.74, 6) is 0.489.